The molecule has 7 amide bonds. The molecule has 0 radical (unpaired) electrons. The molecule has 10 aliphatic rings. The third-order valence-electron chi connectivity index (χ3n) is 24.8. The Morgan fingerprint density at radius 3 is 1.67 bits per heavy atom. The fourth-order valence-corrected chi connectivity index (χ4v) is 18.4. The van der Waals surface area contributed by atoms with Gasteiger partial charge in [-0.3, -0.25) is 52.3 Å². The zero-order valence-corrected chi connectivity index (χ0v) is 69.8. The predicted molar refractivity (Wildman–Crippen MR) is 458 cm³/mol. The minimum absolute atomic E-state index is 0.0134. The van der Waals surface area contributed by atoms with Gasteiger partial charge < -0.3 is 71.1 Å². The highest BCUT2D eigenvalue weighted by Gasteiger charge is 2.48. The summed E-state index contributed by atoms with van der Waals surface area (Å²) < 4.78 is 53.5. The summed E-state index contributed by atoms with van der Waals surface area (Å²) in [5.74, 6) is -0.557. The summed E-state index contributed by atoms with van der Waals surface area (Å²) in [6.45, 7) is 27.2. The number of rotatable bonds is 19. The van der Waals surface area contributed by atoms with Gasteiger partial charge in [0.05, 0.1) is 82.5 Å². The smallest absolute Gasteiger partial charge is 0.257 e. The number of halogens is 3. The molecule has 0 bridgehead atoms. The first-order valence-corrected chi connectivity index (χ1v) is 41.3. The maximum absolute atomic E-state index is 16.1. The van der Waals surface area contributed by atoms with Gasteiger partial charge in [-0.1, -0.05) is 63.2 Å². The van der Waals surface area contributed by atoms with Crippen LogP contribution in [-0.2, 0) is 75.3 Å². The molecule has 9 aromatic rings. The third-order valence-corrected chi connectivity index (χ3v) is 24.8. The molecule has 5 atom stereocenters. The van der Waals surface area contributed by atoms with Gasteiger partial charge in [0.15, 0.2) is 34.9 Å². The van der Waals surface area contributed by atoms with Crippen LogP contribution in [-0.4, -0.2) is 222 Å². The number of carbonyl (C=O) groups excluding carboxylic acids is 7. The van der Waals surface area contributed by atoms with Crippen LogP contribution in [0.2, 0.25) is 0 Å². The van der Waals surface area contributed by atoms with Gasteiger partial charge in [0.25, 0.3) is 23.6 Å². The van der Waals surface area contributed by atoms with E-state index in [0.717, 1.165) is 75.0 Å². The number of aromatic nitrogens is 13. The first-order chi connectivity index (χ1) is 59.8. The summed E-state index contributed by atoms with van der Waals surface area (Å²) in [6, 6.07) is 9.90. The molecule has 1 spiro atoms. The average molecular weight is 1690 g/mol. The summed E-state index contributed by atoms with van der Waals surface area (Å²) in [6.07, 6.45) is 25.8. The number of fused-ring (bicyclic) bond motifs is 5. The van der Waals surface area contributed by atoms with Gasteiger partial charge in [-0.05, 0) is 74.8 Å². The summed E-state index contributed by atoms with van der Waals surface area (Å²) in [5, 5.41) is 34.0. The fraction of sp³-hybridized carbons (Fsp3) is 0.379. The van der Waals surface area contributed by atoms with Crippen molar-refractivity contribution in [2.24, 2.45) is 39.5 Å². The van der Waals surface area contributed by atoms with Crippen LogP contribution in [0.1, 0.15) is 114 Å². The molecule has 18 heterocycles. The van der Waals surface area contributed by atoms with Crippen molar-refractivity contribution in [2.45, 2.75) is 95.8 Å². The van der Waals surface area contributed by atoms with Crippen molar-refractivity contribution in [3.8, 4) is 22.5 Å². The van der Waals surface area contributed by atoms with Crippen LogP contribution in [0, 0.1) is 28.8 Å². The second-order valence-corrected chi connectivity index (χ2v) is 32.7. The number of piperidine rings is 2. The van der Waals surface area contributed by atoms with Crippen LogP contribution in [0.4, 0.5) is 59.6 Å². The number of aryl methyl sites for hydroxylation is 4. The maximum atomic E-state index is 16.1. The molecule has 10 aliphatic heterocycles. The molecular formula is C87H98F3N27O7. The standard InChI is InChI=1S/C26H27FN6O2.C21H23FN6O2.C20H22FN7O2.C20H26N8O/c1-3-21(34)32-11-7-10-19(16-32)33(14-17-8-5-4-6-9-17)25-23(27)20-13-28-26(35)22(20)24(30-25)18-12-29-31(2)15-18;1-3-15(29)27-6-4-21(11-27)5-7-28(12-21)19-17(22)14-9-23-20(30)16(14)18(25-19)13-8-24-26(2)10-13;1-3-15(29)28-5-4-11-8-27(10-14(11)28)19-17(21)13-7-22-20(30)16(13)18(25-19)24-12-6-23-26(2)9-12;1-5-13(2)28-8-6-7-15(12-28)27(4)20-24-16-10-21-19(29)17(16)18(25-20)23-14-9-22-26(3)11-14/h3-6,8-9,12,15,19H,1,7,10-11,13-14,16H2,2H3,(H,28,35);3,8,10H,1,4-7,9,11-12H2,2H3,(H,23,30);3,6,9,11,14H,1,4-5,7-8,10H2,2H3,(H,22,30)(H,24,25);5,9,11,15H,1-2,6-8,10,12H2,3-4H3,(H,21,29)(H,23,24,25). The number of allylic oxidation sites excluding steroid dienone is 1. The topological polar surface area (TPSA) is 353 Å². The van der Waals surface area contributed by atoms with Gasteiger partial charge in [-0.15, -0.1) is 0 Å². The summed E-state index contributed by atoms with van der Waals surface area (Å²) >= 11 is 0. The molecule has 124 heavy (non-hydrogen) atoms. The highest BCUT2D eigenvalue weighted by Crippen LogP contribution is 2.45. The molecule has 0 saturated carbocycles. The molecule has 644 valence electrons. The Morgan fingerprint density at radius 2 is 1.06 bits per heavy atom. The van der Waals surface area contributed by atoms with E-state index in [1.807, 2.05) is 75.1 Å². The largest absolute Gasteiger partial charge is 0.370 e. The van der Waals surface area contributed by atoms with Crippen LogP contribution in [0.5, 0.6) is 0 Å². The molecule has 34 nitrogen and oxygen atoms in total. The monoisotopic (exact) mass is 1690 g/mol. The van der Waals surface area contributed by atoms with E-state index >= 15 is 13.2 Å². The van der Waals surface area contributed by atoms with Crippen molar-refractivity contribution in [1.82, 2.24) is 105 Å². The van der Waals surface area contributed by atoms with Gasteiger partial charge in [0.2, 0.25) is 23.7 Å². The Labute approximate surface area is 713 Å². The van der Waals surface area contributed by atoms with Crippen LogP contribution in [0.25, 0.3) is 22.5 Å². The Kier molecular flexibility index (Phi) is 23.5. The maximum Gasteiger partial charge on any atom is 0.257 e. The van der Waals surface area contributed by atoms with Gasteiger partial charge >= 0.3 is 0 Å². The quantitative estimate of drug-likeness (QED) is 0.0337. The van der Waals surface area contributed by atoms with Crippen molar-refractivity contribution in [2.75, 3.05) is 109 Å². The zero-order chi connectivity index (χ0) is 87.1. The van der Waals surface area contributed by atoms with Crippen LogP contribution < -0.4 is 51.5 Å². The third kappa shape index (κ3) is 16.6. The van der Waals surface area contributed by atoms with E-state index < -0.39 is 17.5 Å². The van der Waals surface area contributed by atoms with Gasteiger partial charge in [-0.2, -0.15) is 25.4 Å². The molecule has 6 saturated heterocycles. The van der Waals surface area contributed by atoms with Crippen LogP contribution in [0.3, 0.4) is 0 Å². The molecular weight excluding hydrogens is 1590 g/mol. The Bertz CT molecular complexity index is 5780. The minimum Gasteiger partial charge on any atom is -0.370 e. The number of likely N-dealkylation sites (tertiary alicyclic amines) is 4. The Balaban J connectivity index is 0.000000123. The van der Waals surface area contributed by atoms with Crippen molar-refractivity contribution in [1.29, 1.82) is 0 Å². The second-order valence-electron chi connectivity index (χ2n) is 32.7. The van der Waals surface area contributed by atoms with E-state index in [4.69, 9.17) is 9.97 Å². The van der Waals surface area contributed by atoms with E-state index in [0.29, 0.717) is 151 Å². The SMILES string of the molecule is C=CC(=C)N1CCCC(N(C)c2nc3c(c(Nc4cnn(C)c4)n2)C(=O)NC3)C1.C=CC(=O)N1CCC2(CCN(c3nc(-c4cnn(C)c4)c4c(c3F)CNC4=O)C2)C1.C=CC(=O)N1CCC2CN(c3nc(Nc4cnn(C)c4)c4c(c3F)CNC4=O)CC21.C=CC(=O)N1CCCC(N(Cc2ccccc2)c2nc(-c3cnn(C)c3)c3c(c2F)CNC3=O)C1. The number of nitrogens with one attached hydrogen (secondary N) is 6. The number of likely N-dealkylation sites (N-methyl/N-ethyl adjacent to an activating group) is 1. The first kappa shape index (κ1) is 83.6. The molecule has 8 aromatic heterocycles. The number of carbonyl (C=O) groups is 7. The van der Waals surface area contributed by atoms with Crippen molar-refractivity contribution < 1.29 is 46.7 Å². The van der Waals surface area contributed by atoms with Crippen LogP contribution >= 0.6 is 0 Å². The lowest BCUT2D eigenvalue weighted by molar-refractivity contribution is -0.127. The first-order valence-electron chi connectivity index (χ1n) is 41.3. The lowest BCUT2D eigenvalue weighted by Crippen LogP contribution is -2.50. The summed E-state index contributed by atoms with van der Waals surface area (Å²) in [5.41, 5.74) is 8.47. The molecule has 0 aliphatic carbocycles. The second kappa shape index (κ2) is 34.8. The molecule has 6 fully saturated rings. The van der Waals surface area contributed by atoms with E-state index in [1.54, 1.807) is 94.2 Å². The van der Waals surface area contributed by atoms with E-state index in [9.17, 15) is 33.6 Å². The number of amides is 7. The van der Waals surface area contributed by atoms with Gasteiger partial charge in [-0.25, -0.2) is 33.1 Å². The number of benzene rings is 1. The predicted octanol–water partition coefficient (Wildman–Crippen LogP) is 7.49. The van der Waals surface area contributed by atoms with Gasteiger partial charge in [0.1, 0.15) is 17.2 Å². The van der Waals surface area contributed by atoms with Gasteiger partial charge in [0, 0.05) is 215 Å². The number of pyridine rings is 3. The Hall–Kier alpha value is -14.0. The lowest BCUT2D eigenvalue weighted by atomic mass is 9.86. The van der Waals surface area contributed by atoms with E-state index in [-0.39, 0.29) is 119 Å². The van der Waals surface area contributed by atoms with E-state index in [2.05, 4.69) is 110 Å². The number of nitrogens with zero attached hydrogens (tertiary/aromatic N) is 21. The highest BCUT2D eigenvalue weighted by atomic mass is 19.1. The molecule has 37 heteroatoms. The lowest BCUT2D eigenvalue weighted by Gasteiger charge is -2.40. The molecule has 5 unspecified atom stereocenters. The normalized spacial score (nSPS) is 19.9. The number of anilines is 8. The summed E-state index contributed by atoms with van der Waals surface area (Å²) in [4.78, 5) is 125. The number of hydrogen-bond acceptors (Lipinski definition) is 23. The minimum atomic E-state index is -0.505. The highest BCUT2D eigenvalue weighted by molar-refractivity contribution is 6.06. The van der Waals surface area contributed by atoms with Crippen molar-refractivity contribution in [3.05, 3.63) is 210 Å². The van der Waals surface area contributed by atoms with Crippen molar-refractivity contribution >= 4 is 87.8 Å². The van der Waals surface area contributed by atoms with Crippen LogP contribution in [0.15, 0.2) is 143 Å². The molecule has 1 aromatic carbocycles. The number of hydrogen-bond donors (Lipinski definition) is 6. The van der Waals surface area contributed by atoms with E-state index in [1.165, 1.54) is 18.2 Å². The average Bonchev–Trinajstić information content (AvgIpc) is 1.60. The molecule has 6 N–H and O–H groups in total. The summed E-state index contributed by atoms with van der Waals surface area (Å²) in [7, 11) is 9.20. The molecule has 19 rings (SSSR count). The zero-order valence-electron chi connectivity index (χ0n) is 69.8. The van der Waals surface area contributed by atoms with Crippen molar-refractivity contribution in [3.63, 3.8) is 0 Å². The fourth-order valence-electron chi connectivity index (χ4n) is 18.4. The Morgan fingerprint density at radius 1 is 0.532 bits per heavy atom.